The van der Waals surface area contributed by atoms with Gasteiger partial charge in [-0.1, -0.05) is 17.7 Å². The molecule has 1 aromatic rings. The van der Waals surface area contributed by atoms with E-state index in [1.807, 2.05) is 12.1 Å². The number of benzene rings is 1. The van der Waals surface area contributed by atoms with Gasteiger partial charge in [0.1, 0.15) is 0 Å². The molecule has 0 saturated carbocycles. The minimum Gasteiger partial charge on any atom is -0.481 e. The fourth-order valence-corrected chi connectivity index (χ4v) is 1.10. The quantitative estimate of drug-likeness (QED) is 0.859. The summed E-state index contributed by atoms with van der Waals surface area (Å²) in [6.07, 6.45) is 0.104. The number of carboxylic acid groups (broad SMARTS) is 1. The second-order valence-electron chi connectivity index (χ2n) is 2.78. The van der Waals surface area contributed by atoms with Gasteiger partial charge in [-0.25, -0.2) is 0 Å². The highest BCUT2D eigenvalue weighted by Crippen LogP contribution is 2.14. The molecule has 0 saturated heterocycles. The molecule has 0 unspecified atom stereocenters. The molecule has 0 amide bonds. The highest BCUT2D eigenvalue weighted by atomic mass is 35.5. The molecule has 0 aromatic heterocycles. The molecule has 1 aromatic carbocycles. The Hall–Kier alpha value is -1.60. The van der Waals surface area contributed by atoms with E-state index in [2.05, 4.69) is 5.32 Å². The first-order valence-electron chi connectivity index (χ1n) is 4.40. The number of aliphatic carboxylic acids is 1. The van der Waals surface area contributed by atoms with Crippen LogP contribution in [0.4, 0.5) is 5.69 Å². The van der Waals surface area contributed by atoms with Crippen LogP contribution in [-0.4, -0.2) is 30.2 Å². The first-order valence-corrected chi connectivity index (χ1v) is 5.77. The Balaban J connectivity index is 0.000000557. The smallest absolute Gasteiger partial charge is 0.425 e. The molecule has 17 heavy (non-hydrogen) atoms. The van der Waals surface area contributed by atoms with Crippen molar-refractivity contribution in [3.05, 3.63) is 29.3 Å². The normalized spacial score (nSPS) is 8.76. The SMILES string of the molecule is O=C(O)CCNc1cccc(Cl)c1.O=S(=O)=O. The van der Waals surface area contributed by atoms with Crippen molar-refractivity contribution in [1.82, 2.24) is 0 Å². The fraction of sp³-hybridized carbons (Fsp3) is 0.222. The molecule has 0 atom stereocenters. The molecule has 6 nitrogen and oxygen atoms in total. The summed E-state index contributed by atoms with van der Waals surface area (Å²) >= 11 is 5.73. The predicted octanol–water partition coefficient (Wildman–Crippen LogP) is 1.22. The number of rotatable bonds is 4. The van der Waals surface area contributed by atoms with Gasteiger partial charge >= 0.3 is 16.6 Å². The van der Waals surface area contributed by atoms with Gasteiger partial charge in [0.05, 0.1) is 6.42 Å². The third-order valence-electron chi connectivity index (χ3n) is 1.49. The molecule has 94 valence electrons. The molecule has 2 N–H and O–H groups in total. The van der Waals surface area contributed by atoms with Crippen molar-refractivity contribution in [1.29, 1.82) is 0 Å². The Morgan fingerprint density at radius 3 is 2.41 bits per heavy atom. The average Bonchev–Trinajstić information content (AvgIpc) is 2.16. The molecular weight excluding hydrogens is 270 g/mol. The number of halogens is 1. The first-order chi connectivity index (χ1) is 7.91. The van der Waals surface area contributed by atoms with Crippen LogP contribution in [0.2, 0.25) is 5.02 Å². The van der Waals surface area contributed by atoms with Crippen molar-refractivity contribution in [3.8, 4) is 0 Å². The molecule has 0 aliphatic heterocycles. The number of hydrogen-bond acceptors (Lipinski definition) is 5. The fourth-order valence-electron chi connectivity index (χ4n) is 0.912. The largest absolute Gasteiger partial charge is 0.481 e. The topological polar surface area (TPSA) is 101 Å². The number of carbonyl (C=O) groups is 1. The Labute approximate surface area is 104 Å². The van der Waals surface area contributed by atoms with Crippen LogP contribution in [-0.2, 0) is 15.4 Å². The number of anilines is 1. The lowest BCUT2D eigenvalue weighted by Gasteiger charge is -2.03. The maximum Gasteiger partial charge on any atom is 0.425 e. The molecule has 0 heterocycles. The van der Waals surface area contributed by atoms with Crippen molar-refractivity contribution in [2.24, 2.45) is 0 Å². The highest BCUT2D eigenvalue weighted by Gasteiger charge is 1.96. The van der Waals surface area contributed by atoms with E-state index in [1.54, 1.807) is 12.1 Å². The van der Waals surface area contributed by atoms with Crippen LogP contribution in [0.1, 0.15) is 6.42 Å². The lowest BCUT2D eigenvalue weighted by molar-refractivity contribution is -0.136. The van der Waals surface area contributed by atoms with Crippen molar-refractivity contribution >= 4 is 33.9 Å². The van der Waals surface area contributed by atoms with Gasteiger partial charge in [-0.05, 0) is 18.2 Å². The van der Waals surface area contributed by atoms with Gasteiger partial charge in [0.2, 0.25) is 0 Å². The minimum absolute atomic E-state index is 0.104. The van der Waals surface area contributed by atoms with Crippen molar-refractivity contribution in [2.75, 3.05) is 11.9 Å². The summed E-state index contributed by atoms with van der Waals surface area (Å²) in [6, 6.07) is 7.17. The summed E-state index contributed by atoms with van der Waals surface area (Å²) in [6.45, 7) is 0.412. The molecule has 0 aliphatic carbocycles. The monoisotopic (exact) mass is 279 g/mol. The summed E-state index contributed by atoms with van der Waals surface area (Å²) in [5.41, 5.74) is 0.841. The Bertz CT molecular complexity index is 466. The number of carboxylic acids is 1. The lowest BCUT2D eigenvalue weighted by atomic mass is 10.3. The van der Waals surface area contributed by atoms with Crippen LogP contribution in [0.3, 0.4) is 0 Å². The van der Waals surface area contributed by atoms with Gasteiger partial charge in [-0.3, -0.25) is 4.79 Å². The molecule has 0 fully saturated rings. The Morgan fingerprint density at radius 2 is 1.94 bits per heavy atom. The standard InChI is InChI=1S/C9H10ClNO2.O3S/c10-7-2-1-3-8(6-7)11-5-4-9(12)13;1-4(2)3/h1-3,6,11H,4-5H2,(H,12,13);. The predicted molar refractivity (Wildman–Crippen MR) is 61.9 cm³/mol. The third kappa shape index (κ3) is 10.7. The van der Waals surface area contributed by atoms with E-state index in [-0.39, 0.29) is 6.42 Å². The molecule has 0 bridgehead atoms. The van der Waals surface area contributed by atoms with Crippen LogP contribution < -0.4 is 5.32 Å². The van der Waals surface area contributed by atoms with Crippen molar-refractivity contribution in [2.45, 2.75) is 6.42 Å². The average molecular weight is 280 g/mol. The van der Waals surface area contributed by atoms with Gasteiger partial charge in [0.15, 0.2) is 0 Å². The highest BCUT2D eigenvalue weighted by molar-refractivity contribution is 7.59. The summed E-state index contributed by atoms with van der Waals surface area (Å²) in [5.74, 6) is -0.811. The summed E-state index contributed by atoms with van der Waals surface area (Å²) in [4.78, 5) is 10.2. The summed E-state index contributed by atoms with van der Waals surface area (Å²) in [5, 5.41) is 12.0. The van der Waals surface area contributed by atoms with Crippen LogP contribution in [0, 0.1) is 0 Å². The van der Waals surface area contributed by atoms with E-state index in [0.29, 0.717) is 11.6 Å². The maximum atomic E-state index is 10.2. The van der Waals surface area contributed by atoms with Crippen molar-refractivity contribution < 1.29 is 22.5 Å². The van der Waals surface area contributed by atoms with E-state index < -0.39 is 16.6 Å². The number of nitrogens with one attached hydrogen (secondary N) is 1. The van der Waals surface area contributed by atoms with E-state index in [1.165, 1.54) is 0 Å². The Kier molecular flexibility index (Phi) is 7.74. The van der Waals surface area contributed by atoms with Crippen molar-refractivity contribution in [3.63, 3.8) is 0 Å². The van der Waals surface area contributed by atoms with E-state index in [9.17, 15) is 4.79 Å². The second-order valence-corrected chi connectivity index (χ2v) is 3.63. The molecule has 0 aliphatic rings. The van der Waals surface area contributed by atoms with Crippen LogP contribution in [0.25, 0.3) is 0 Å². The van der Waals surface area contributed by atoms with Gasteiger partial charge in [0, 0.05) is 17.3 Å². The number of hydrogen-bond donors (Lipinski definition) is 2. The van der Waals surface area contributed by atoms with E-state index in [4.69, 9.17) is 29.3 Å². The molecule has 0 radical (unpaired) electrons. The van der Waals surface area contributed by atoms with Crippen LogP contribution in [0.15, 0.2) is 24.3 Å². The minimum atomic E-state index is -3.11. The molecule has 1 rings (SSSR count). The van der Waals surface area contributed by atoms with Gasteiger partial charge < -0.3 is 10.4 Å². The van der Waals surface area contributed by atoms with E-state index in [0.717, 1.165) is 5.69 Å². The van der Waals surface area contributed by atoms with Crippen LogP contribution >= 0.6 is 11.6 Å². The Morgan fingerprint density at radius 1 is 1.35 bits per heavy atom. The zero-order chi connectivity index (χ0) is 13.3. The van der Waals surface area contributed by atoms with Gasteiger partial charge in [-0.2, -0.15) is 0 Å². The second kappa shape index (κ2) is 8.54. The molecular formula is C9H10ClNO5S. The van der Waals surface area contributed by atoms with Gasteiger partial charge in [0.25, 0.3) is 0 Å². The lowest BCUT2D eigenvalue weighted by Crippen LogP contribution is -2.07. The maximum absolute atomic E-state index is 10.2. The summed E-state index contributed by atoms with van der Waals surface area (Å²) < 4.78 is 25.3. The van der Waals surface area contributed by atoms with E-state index >= 15 is 0 Å². The third-order valence-corrected chi connectivity index (χ3v) is 1.73. The summed E-state index contributed by atoms with van der Waals surface area (Å²) in [7, 11) is -3.11. The molecule has 8 heteroatoms. The zero-order valence-corrected chi connectivity index (χ0v) is 10.2. The zero-order valence-electron chi connectivity index (χ0n) is 8.59. The first kappa shape index (κ1) is 15.4. The van der Waals surface area contributed by atoms with Crippen LogP contribution in [0.5, 0.6) is 0 Å². The molecule has 0 spiro atoms. The van der Waals surface area contributed by atoms with Gasteiger partial charge in [-0.15, -0.1) is 12.6 Å².